The molecular formula is C21H17IN4O8. The van der Waals surface area contributed by atoms with Crippen LogP contribution in [0.2, 0.25) is 0 Å². The SMILES string of the molecule is CCOc1cc(CNc2cccc([N+](=O)[O-])c2)cc(I)c1Oc1ccc([N+](=O)[O-])cc1[N+](=O)[O-]. The molecule has 0 radical (unpaired) electrons. The van der Waals surface area contributed by atoms with Gasteiger partial charge < -0.3 is 14.8 Å². The fourth-order valence-electron chi connectivity index (χ4n) is 2.98. The zero-order valence-electron chi connectivity index (χ0n) is 17.6. The quantitative estimate of drug-likeness (QED) is 0.177. The lowest BCUT2D eigenvalue weighted by molar-refractivity contribution is -0.394. The van der Waals surface area contributed by atoms with Crippen LogP contribution < -0.4 is 14.8 Å². The average molecular weight is 580 g/mol. The van der Waals surface area contributed by atoms with E-state index in [9.17, 15) is 30.3 Å². The molecule has 3 rings (SSSR count). The highest BCUT2D eigenvalue weighted by Gasteiger charge is 2.23. The van der Waals surface area contributed by atoms with Crippen LogP contribution in [-0.4, -0.2) is 21.4 Å². The largest absolute Gasteiger partial charge is 0.490 e. The molecule has 0 saturated carbocycles. The number of anilines is 1. The number of nitro benzene ring substituents is 3. The molecule has 0 amide bonds. The molecule has 0 heterocycles. The van der Waals surface area contributed by atoms with Crippen LogP contribution >= 0.6 is 22.6 Å². The Bertz CT molecular complexity index is 1270. The highest BCUT2D eigenvalue weighted by Crippen LogP contribution is 2.41. The Balaban J connectivity index is 1.90. The van der Waals surface area contributed by atoms with E-state index in [-0.39, 0.29) is 23.8 Å². The summed E-state index contributed by atoms with van der Waals surface area (Å²) in [4.78, 5) is 31.4. The van der Waals surface area contributed by atoms with Gasteiger partial charge in [0, 0.05) is 30.4 Å². The Hall–Kier alpha value is -4.01. The lowest BCUT2D eigenvalue weighted by Crippen LogP contribution is -2.04. The zero-order valence-corrected chi connectivity index (χ0v) is 19.8. The molecule has 0 spiro atoms. The van der Waals surface area contributed by atoms with Gasteiger partial charge in [-0.15, -0.1) is 0 Å². The Morgan fingerprint density at radius 1 is 0.882 bits per heavy atom. The maximum Gasteiger partial charge on any atom is 0.318 e. The normalized spacial score (nSPS) is 10.4. The third kappa shape index (κ3) is 5.86. The van der Waals surface area contributed by atoms with Crippen LogP contribution in [0.4, 0.5) is 22.7 Å². The van der Waals surface area contributed by atoms with E-state index >= 15 is 0 Å². The smallest absolute Gasteiger partial charge is 0.318 e. The summed E-state index contributed by atoms with van der Waals surface area (Å²) < 4.78 is 12.0. The molecule has 3 aromatic rings. The van der Waals surface area contributed by atoms with Crippen molar-refractivity contribution >= 4 is 45.3 Å². The van der Waals surface area contributed by atoms with Crippen molar-refractivity contribution in [2.45, 2.75) is 13.5 Å². The third-order valence-electron chi connectivity index (χ3n) is 4.48. The molecule has 0 aliphatic carbocycles. The van der Waals surface area contributed by atoms with Crippen molar-refractivity contribution in [1.82, 2.24) is 0 Å². The fourth-order valence-corrected chi connectivity index (χ4v) is 3.75. The fraction of sp³-hybridized carbons (Fsp3) is 0.143. The second-order valence-corrected chi connectivity index (χ2v) is 7.93. The maximum atomic E-state index is 11.4. The lowest BCUT2D eigenvalue weighted by Gasteiger charge is -2.16. The molecule has 0 bridgehead atoms. The summed E-state index contributed by atoms with van der Waals surface area (Å²) in [5, 5.41) is 36.5. The van der Waals surface area contributed by atoms with Crippen molar-refractivity contribution in [3.05, 3.63) is 94.1 Å². The summed E-state index contributed by atoms with van der Waals surface area (Å²) in [6.45, 7) is 2.37. The molecule has 176 valence electrons. The summed E-state index contributed by atoms with van der Waals surface area (Å²) >= 11 is 1.99. The first kappa shape index (κ1) is 24.6. The van der Waals surface area contributed by atoms with Gasteiger partial charge in [-0.3, -0.25) is 30.3 Å². The molecule has 0 unspecified atom stereocenters. The first-order chi connectivity index (χ1) is 16.2. The van der Waals surface area contributed by atoms with Gasteiger partial charge in [0.1, 0.15) is 0 Å². The topological polar surface area (TPSA) is 160 Å². The molecule has 0 aromatic heterocycles. The number of hydrogen-bond acceptors (Lipinski definition) is 9. The molecule has 34 heavy (non-hydrogen) atoms. The van der Waals surface area contributed by atoms with Crippen molar-refractivity contribution in [3.8, 4) is 17.2 Å². The highest BCUT2D eigenvalue weighted by atomic mass is 127. The van der Waals surface area contributed by atoms with Crippen molar-refractivity contribution < 1.29 is 24.2 Å². The molecule has 0 atom stereocenters. The predicted molar refractivity (Wildman–Crippen MR) is 131 cm³/mol. The Morgan fingerprint density at radius 2 is 1.59 bits per heavy atom. The number of benzene rings is 3. The number of nitro groups is 3. The minimum atomic E-state index is -0.757. The zero-order chi connectivity index (χ0) is 24.8. The Morgan fingerprint density at radius 3 is 2.24 bits per heavy atom. The van der Waals surface area contributed by atoms with Crippen LogP contribution in [0.1, 0.15) is 12.5 Å². The number of ether oxygens (including phenoxy) is 2. The van der Waals surface area contributed by atoms with E-state index in [2.05, 4.69) is 5.32 Å². The van der Waals surface area contributed by atoms with Gasteiger partial charge in [0.25, 0.3) is 11.4 Å². The number of nitrogens with zero attached hydrogens (tertiary/aromatic N) is 3. The standard InChI is InChI=1S/C21H17IN4O8/c1-2-33-20-9-13(12-23-14-4-3-5-15(10-14)24(27)28)8-17(22)21(20)34-19-7-6-16(25(29)30)11-18(19)26(31)32/h3-11,23H,2,12H2,1H3. The molecule has 12 nitrogen and oxygen atoms in total. The van der Waals surface area contributed by atoms with Gasteiger partial charge in [0.15, 0.2) is 11.5 Å². The monoisotopic (exact) mass is 580 g/mol. The van der Waals surface area contributed by atoms with E-state index < -0.39 is 26.1 Å². The van der Waals surface area contributed by atoms with Gasteiger partial charge in [-0.2, -0.15) is 0 Å². The lowest BCUT2D eigenvalue weighted by atomic mass is 10.2. The summed E-state index contributed by atoms with van der Waals surface area (Å²) in [7, 11) is 0. The van der Waals surface area contributed by atoms with Crippen molar-refractivity contribution in [2.24, 2.45) is 0 Å². The summed E-state index contributed by atoms with van der Waals surface area (Å²) in [6, 6.07) is 12.6. The van der Waals surface area contributed by atoms with Crippen molar-refractivity contribution in [1.29, 1.82) is 0 Å². The van der Waals surface area contributed by atoms with Gasteiger partial charge >= 0.3 is 5.69 Å². The summed E-state index contributed by atoms with van der Waals surface area (Å²) in [5.74, 6) is 0.369. The van der Waals surface area contributed by atoms with Crippen LogP contribution in [-0.2, 0) is 6.54 Å². The molecule has 0 saturated heterocycles. The minimum Gasteiger partial charge on any atom is -0.490 e. The van der Waals surface area contributed by atoms with E-state index in [0.717, 1.165) is 17.7 Å². The molecule has 0 aliphatic rings. The van der Waals surface area contributed by atoms with Gasteiger partial charge in [-0.05, 0) is 59.3 Å². The van der Waals surface area contributed by atoms with Crippen molar-refractivity contribution in [3.63, 3.8) is 0 Å². The van der Waals surface area contributed by atoms with E-state index in [0.29, 0.717) is 21.6 Å². The maximum absolute atomic E-state index is 11.4. The predicted octanol–water partition coefficient (Wildman–Crippen LogP) is 5.82. The van der Waals surface area contributed by atoms with Crippen LogP contribution in [0, 0.1) is 33.9 Å². The number of non-ortho nitro benzene ring substituents is 2. The van der Waals surface area contributed by atoms with Crippen molar-refractivity contribution in [2.75, 3.05) is 11.9 Å². The third-order valence-corrected chi connectivity index (χ3v) is 5.29. The number of hydrogen-bond donors (Lipinski definition) is 1. The van der Waals surface area contributed by atoms with E-state index in [1.165, 1.54) is 18.2 Å². The number of rotatable bonds is 10. The first-order valence-electron chi connectivity index (χ1n) is 9.73. The summed E-state index contributed by atoms with van der Waals surface area (Å²) in [6.07, 6.45) is 0. The number of halogens is 1. The molecular weight excluding hydrogens is 563 g/mol. The van der Waals surface area contributed by atoms with E-state index in [1.54, 1.807) is 31.2 Å². The van der Waals surface area contributed by atoms with Crippen LogP contribution in [0.25, 0.3) is 0 Å². The second kappa shape index (κ2) is 10.7. The van der Waals surface area contributed by atoms with Crippen LogP contribution in [0.5, 0.6) is 17.2 Å². The second-order valence-electron chi connectivity index (χ2n) is 6.77. The number of nitrogens with one attached hydrogen (secondary N) is 1. The molecule has 0 fully saturated rings. The molecule has 0 aliphatic heterocycles. The van der Waals surface area contributed by atoms with Crippen LogP contribution in [0.15, 0.2) is 54.6 Å². The van der Waals surface area contributed by atoms with Gasteiger partial charge in [-0.25, -0.2) is 0 Å². The Labute approximate surface area is 206 Å². The molecule has 13 heteroatoms. The molecule has 3 aromatic carbocycles. The van der Waals surface area contributed by atoms with E-state index in [1.807, 2.05) is 22.6 Å². The summed E-state index contributed by atoms with van der Waals surface area (Å²) in [5.41, 5.74) is 0.308. The molecule has 1 N–H and O–H groups in total. The van der Waals surface area contributed by atoms with Gasteiger partial charge in [0.2, 0.25) is 5.75 Å². The van der Waals surface area contributed by atoms with E-state index in [4.69, 9.17) is 9.47 Å². The average Bonchev–Trinajstić information content (AvgIpc) is 2.80. The first-order valence-corrected chi connectivity index (χ1v) is 10.8. The minimum absolute atomic E-state index is 0.0389. The van der Waals surface area contributed by atoms with Gasteiger partial charge in [0.05, 0.1) is 31.0 Å². The Kier molecular flexibility index (Phi) is 7.78. The van der Waals surface area contributed by atoms with Gasteiger partial charge in [-0.1, -0.05) is 6.07 Å². The van der Waals surface area contributed by atoms with Crippen LogP contribution in [0.3, 0.4) is 0 Å². The highest BCUT2D eigenvalue weighted by molar-refractivity contribution is 14.1.